The fraction of sp³-hybridized carbons (Fsp3) is 0.377. The SMILES string of the molecule is CC[C@H](C)[C@H](NC(=O)CN)C(=O)N[C@@H](Cc1c[nH]c2ccccc12)C(=O)N[C@@H](Cc1ccccc1)C(=O)N[C@@H](CCC(=O)O)C(=O)N[C@@H](CC(N)=O)C(=O)N[C@@H](CCC(=O)O)C(=O)N[C@@H](Cc1c[nH]c2ccccc12)C(=O)O. The zero-order valence-corrected chi connectivity index (χ0v) is 42.8. The van der Waals surface area contributed by atoms with Gasteiger partial charge in [-0.2, -0.15) is 0 Å². The molecule has 16 N–H and O–H groups in total. The lowest BCUT2D eigenvalue weighted by molar-refractivity contribution is -0.143. The molecule has 0 bridgehead atoms. The molecule has 0 aliphatic heterocycles. The van der Waals surface area contributed by atoms with Gasteiger partial charge in [0.15, 0.2) is 0 Å². The first-order valence-corrected chi connectivity index (χ1v) is 25.1. The van der Waals surface area contributed by atoms with E-state index in [0.29, 0.717) is 34.0 Å². The Balaban J connectivity index is 1.41. The van der Waals surface area contributed by atoms with E-state index in [1.165, 1.54) is 0 Å². The molecule has 0 aliphatic carbocycles. The zero-order chi connectivity index (χ0) is 57.1. The van der Waals surface area contributed by atoms with E-state index in [2.05, 4.69) is 47.2 Å². The summed E-state index contributed by atoms with van der Waals surface area (Å²) in [7, 11) is 0. The monoisotopic (exact) mass is 1080 g/mol. The van der Waals surface area contributed by atoms with Gasteiger partial charge >= 0.3 is 17.9 Å². The summed E-state index contributed by atoms with van der Waals surface area (Å²) >= 11 is 0. The standard InChI is InChI=1S/C53H65N11O14/c1-3-28(2)46(64-43(66)25-54)52(76)62-39(22-30-26-56-34-15-9-7-13-32(30)34)50(74)60-38(21-29-11-5-4-6-12-29)49(73)58-36(17-19-44(67)68)47(71)61-40(24-42(55)65)51(75)59-37(18-20-45(69)70)48(72)63-41(53(77)78)23-31-27-57-35-16-10-8-14-33(31)35/h4-16,26-28,36-41,46,56-57H,3,17-25,54H2,1-2H3,(H2,55,65)(H,58,73)(H,59,75)(H,60,74)(H,61,71)(H,62,76)(H,63,72)(H,64,66)(H,67,68)(H,69,70)(H,77,78)/t28-,36-,37-,38-,39-,40-,41-,46-/m0/s1. The minimum absolute atomic E-state index is 0.129. The van der Waals surface area contributed by atoms with Crippen LogP contribution in [0.3, 0.4) is 0 Å². The third-order valence-corrected chi connectivity index (χ3v) is 13.0. The fourth-order valence-corrected chi connectivity index (χ4v) is 8.55. The van der Waals surface area contributed by atoms with Crippen molar-refractivity contribution in [3.8, 4) is 0 Å². The second kappa shape index (κ2) is 28.7. The van der Waals surface area contributed by atoms with Crippen molar-refractivity contribution in [3.63, 3.8) is 0 Å². The van der Waals surface area contributed by atoms with Crippen molar-refractivity contribution >= 4 is 87.0 Å². The predicted molar refractivity (Wildman–Crippen MR) is 281 cm³/mol. The summed E-state index contributed by atoms with van der Waals surface area (Å²) in [6.45, 7) is 3.11. The lowest BCUT2D eigenvalue weighted by Gasteiger charge is -2.28. The Morgan fingerprint density at radius 1 is 0.513 bits per heavy atom. The molecule has 416 valence electrons. The maximum Gasteiger partial charge on any atom is 0.326 e. The summed E-state index contributed by atoms with van der Waals surface area (Å²) in [5, 5.41) is 48.0. The van der Waals surface area contributed by atoms with Crippen LogP contribution in [0.15, 0.2) is 91.3 Å². The number of aromatic nitrogens is 2. The third-order valence-electron chi connectivity index (χ3n) is 13.0. The number of H-pyrrole nitrogens is 2. The number of carboxylic acids is 3. The molecule has 0 radical (unpaired) electrons. The van der Waals surface area contributed by atoms with Crippen molar-refractivity contribution in [1.29, 1.82) is 0 Å². The highest BCUT2D eigenvalue weighted by Crippen LogP contribution is 2.21. The molecule has 0 saturated heterocycles. The van der Waals surface area contributed by atoms with Gasteiger partial charge in [-0.05, 0) is 47.6 Å². The van der Waals surface area contributed by atoms with Crippen LogP contribution in [-0.2, 0) is 72.0 Å². The number of carbonyl (C=O) groups is 11. The van der Waals surface area contributed by atoms with Crippen molar-refractivity contribution in [2.45, 2.75) is 114 Å². The molecule has 8 atom stereocenters. The van der Waals surface area contributed by atoms with E-state index in [4.69, 9.17) is 11.5 Å². The molecule has 0 aliphatic rings. The third kappa shape index (κ3) is 17.5. The molecule has 25 nitrogen and oxygen atoms in total. The van der Waals surface area contributed by atoms with Crippen LogP contribution in [0.5, 0.6) is 0 Å². The van der Waals surface area contributed by atoms with E-state index >= 15 is 0 Å². The molecular formula is C53H65N11O14. The van der Waals surface area contributed by atoms with Crippen molar-refractivity contribution in [2.75, 3.05) is 6.54 Å². The van der Waals surface area contributed by atoms with E-state index < -0.39 is 152 Å². The Morgan fingerprint density at radius 3 is 1.40 bits per heavy atom. The molecule has 2 heterocycles. The first kappa shape index (κ1) is 59.7. The van der Waals surface area contributed by atoms with E-state index in [9.17, 15) is 68.1 Å². The number of nitrogens with two attached hydrogens (primary N) is 2. The van der Waals surface area contributed by atoms with Gasteiger partial charge in [-0.1, -0.05) is 87.0 Å². The van der Waals surface area contributed by atoms with E-state index in [1.807, 2.05) is 0 Å². The van der Waals surface area contributed by atoms with Gasteiger partial charge in [-0.15, -0.1) is 0 Å². The fourth-order valence-electron chi connectivity index (χ4n) is 8.55. The number of nitrogens with one attached hydrogen (secondary N) is 9. The highest BCUT2D eigenvalue weighted by molar-refractivity contribution is 5.99. The van der Waals surface area contributed by atoms with Gasteiger partial charge in [0.2, 0.25) is 47.3 Å². The van der Waals surface area contributed by atoms with Gasteiger partial charge in [-0.25, -0.2) is 4.79 Å². The summed E-state index contributed by atoms with van der Waals surface area (Å²) in [6.07, 6.45) is -0.532. The first-order chi connectivity index (χ1) is 37.2. The molecule has 0 saturated carbocycles. The minimum atomic E-state index is -1.94. The van der Waals surface area contributed by atoms with Crippen LogP contribution in [0.1, 0.15) is 69.1 Å². The second-order valence-electron chi connectivity index (χ2n) is 18.7. The highest BCUT2D eigenvalue weighted by Gasteiger charge is 2.36. The molecule has 3 aromatic carbocycles. The maximum absolute atomic E-state index is 14.6. The smallest absolute Gasteiger partial charge is 0.326 e. The number of aromatic amines is 2. The number of aliphatic carboxylic acids is 3. The minimum Gasteiger partial charge on any atom is -0.481 e. The van der Waals surface area contributed by atoms with Gasteiger partial charge in [0, 0.05) is 66.3 Å². The number of primary amides is 1. The lowest BCUT2D eigenvalue weighted by atomic mass is 9.96. The number of rotatable bonds is 31. The number of amides is 8. The molecule has 0 spiro atoms. The Morgan fingerprint density at radius 2 is 0.923 bits per heavy atom. The number of fused-ring (bicyclic) bond motifs is 2. The van der Waals surface area contributed by atoms with Crippen LogP contribution in [-0.4, -0.2) is 139 Å². The van der Waals surface area contributed by atoms with Crippen molar-refractivity contribution in [1.82, 2.24) is 47.2 Å². The molecule has 2 aromatic heterocycles. The van der Waals surface area contributed by atoms with Gasteiger partial charge in [0.05, 0.1) is 13.0 Å². The number of carbonyl (C=O) groups excluding carboxylic acids is 8. The van der Waals surface area contributed by atoms with E-state index in [1.54, 1.807) is 105 Å². The molecule has 8 amide bonds. The van der Waals surface area contributed by atoms with Gasteiger partial charge in [-0.3, -0.25) is 47.9 Å². The quantitative estimate of drug-likeness (QED) is 0.0273. The highest BCUT2D eigenvalue weighted by atomic mass is 16.4. The average Bonchev–Trinajstić information content (AvgIpc) is 4.03. The topological polar surface area (TPSA) is 416 Å². The second-order valence-corrected chi connectivity index (χ2v) is 18.7. The number of carboxylic acid groups (broad SMARTS) is 3. The van der Waals surface area contributed by atoms with Crippen LogP contribution >= 0.6 is 0 Å². The van der Waals surface area contributed by atoms with E-state index in [0.717, 1.165) is 10.9 Å². The Kier molecular flexibility index (Phi) is 22.0. The van der Waals surface area contributed by atoms with Crippen LogP contribution in [0.4, 0.5) is 0 Å². The summed E-state index contributed by atoms with van der Waals surface area (Å²) in [5.41, 5.74) is 14.1. The zero-order valence-electron chi connectivity index (χ0n) is 42.8. The normalized spacial score (nSPS) is 14.2. The van der Waals surface area contributed by atoms with Crippen molar-refractivity contribution in [3.05, 3.63) is 108 Å². The average molecular weight is 1080 g/mol. The molecule has 25 heteroatoms. The largest absolute Gasteiger partial charge is 0.481 e. The van der Waals surface area contributed by atoms with Gasteiger partial charge < -0.3 is 74.0 Å². The van der Waals surface area contributed by atoms with Gasteiger partial charge in [0.1, 0.15) is 42.3 Å². The Labute approximate surface area is 446 Å². The van der Waals surface area contributed by atoms with Crippen molar-refractivity contribution < 1.29 is 68.1 Å². The van der Waals surface area contributed by atoms with E-state index in [-0.39, 0.29) is 19.3 Å². The lowest BCUT2D eigenvalue weighted by Crippen LogP contribution is -2.61. The summed E-state index contributed by atoms with van der Waals surface area (Å²) in [6, 6.07) is 11.3. The molecule has 0 unspecified atom stereocenters. The predicted octanol–water partition coefficient (Wildman–Crippen LogP) is -0.235. The summed E-state index contributed by atoms with van der Waals surface area (Å²) < 4.78 is 0. The summed E-state index contributed by atoms with van der Waals surface area (Å²) in [4.78, 5) is 152. The van der Waals surface area contributed by atoms with Crippen LogP contribution in [0, 0.1) is 5.92 Å². The maximum atomic E-state index is 14.6. The molecule has 5 aromatic rings. The number of hydrogen-bond donors (Lipinski definition) is 14. The first-order valence-electron chi connectivity index (χ1n) is 25.1. The molecule has 0 fully saturated rings. The number of hydrogen-bond acceptors (Lipinski definition) is 12. The summed E-state index contributed by atoms with van der Waals surface area (Å²) in [5.74, 6) is -12.7. The van der Waals surface area contributed by atoms with Gasteiger partial charge in [0.25, 0.3) is 0 Å². The Bertz CT molecular complexity index is 2980. The molecular weight excluding hydrogens is 1010 g/mol. The Hall–Kier alpha value is -9.13. The molecule has 78 heavy (non-hydrogen) atoms. The molecule has 5 rings (SSSR count). The van der Waals surface area contributed by atoms with Crippen molar-refractivity contribution in [2.24, 2.45) is 17.4 Å². The van der Waals surface area contributed by atoms with Crippen LogP contribution in [0.2, 0.25) is 0 Å². The van der Waals surface area contributed by atoms with Crippen LogP contribution in [0.25, 0.3) is 21.8 Å². The van der Waals surface area contributed by atoms with Crippen LogP contribution < -0.4 is 48.7 Å². The number of benzene rings is 3. The number of para-hydroxylation sites is 2.